The molecule has 3 aromatic rings. The molecule has 106 valence electrons. The molecule has 0 amide bonds. The van der Waals surface area contributed by atoms with Gasteiger partial charge >= 0.3 is 0 Å². The molecule has 0 radical (unpaired) electrons. The molecule has 0 bridgehead atoms. The molecule has 0 aliphatic heterocycles. The van der Waals surface area contributed by atoms with Crippen molar-refractivity contribution in [2.45, 2.75) is 6.54 Å². The van der Waals surface area contributed by atoms with Crippen molar-refractivity contribution in [2.24, 2.45) is 0 Å². The Morgan fingerprint density at radius 1 is 1.19 bits per heavy atom. The Bertz CT molecular complexity index is 779. The molecule has 0 saturated heterocycles. The monoisotopic (exact) mass is 390 g/mol. The molecule has 3 nitrogen and oxygen atoms in total. The van der Waals surface area contributed by atoms with Gasteiger partial charge in [-0.25, -0.2) is 0 Å². The first-order valence-corrected chi connectivity index (χ1v) is 7.77. The lowest BCUT2D eigenvalue weighted by molar-refractivity contribution is 0.364. The minimum absolute atomic E-state index is 0.529. The molecule has 0 unspecified atom stereocenters. The zero-order valence-corrected chi connectivity index (χ0v) is 13.7. The predicted octanol–water partition coefficient (Wildman–Crippen LogP) is 4.25. The van der Waals surface area contributed by atoms with Gasteiger partial charge in [0.1, 0.15) is 12.4 Å². The molecule has 0 saturated carbocycles. The molecule has 2 aromatic carbocycles. The van der Waals surface area contributed by atoms with Crippen LogP contribution in [0.5, 0.6) is 5.75 Å². The highest BCUT2D eigenvalue weighted by Gasteiger charge is 2.01. The summed E-state index contributed by atoms with van der Waals surface area (Å²) in [4.78, 5) is 0. The quantitative estimate of drug-likeness (QED) is 0.481. The number of aromatic nitrogens is 2. The largest absolute Gasteiger partial charge is 0.490 e. The van der Waals surface area contributed by atoms with Crippen LogP contribution in [-0.4, -0.2) is 16.4 Å². The van der Waals surface area contributed by atoms with E-state index in [1.54, 1.807) is 6.08 Å². The van der Waals surface area contributed by atoms with E-state index in [0.29, 0.717) is 6.61 Å². The summed E-state index contributed by atoms with van der Waals surface area (Å²) < 4.78 is 8.66. The average Bonchev–Trinajstić information content (AvgIpc) is 2.90. The van der Waals surface area contributed by atoms with Gasteiger partial charge in [-0.05, 0) is 57.1 Å². The van der Waals surface area contributed by atoms with Crippen LogP contribution in [0.2, 0.25) is 0 Å². The van der Waals surface area contributed by atoms with Gasteiger partial charge in [0.15, 0.2) is 0 Å². The Hall–Kier alpha value is -1.82. The van der Waals surface area contributed by atoms with E-state index in [0.717, 1.165) is 15.9 Å². The first kappa shape index (κ1) is 14.1. The lowest BCUT2D eigenvalue weighted by Crippen LogP contribution is -1.99. The third-order valence-electron chi connectivity index (χ3n) is 3.19. The maximum absolute atomic E-state index is 5.56. The third-order valence-corrected chi connectivity index (χ3v) is 3.75. The number of benzene rings is 2. The third kappa shape index (κ3) is 3.44. The number of halogens is 1. The van der Waals surface area contributed by atoms with Gasteiger partial charge in [0.25, 0.3) is 0 Å². The van der Waals surface area contributed by atoms with Crippen LogP contribution in [0.4, 0.5) is 0 Å². The van der Waals surface area contributed by atoms with E-state index < -0.39 is 0 Å². The van der Waals surface area contributed by atoms with Crippen molar-refractivity contribution in [3.8, 4) is 5.75 Å². The molecular weight excluding hydrogens is 375 g/mol. The molecule has 0 N–H and O–H groups in total. The van der Waals surface area contributed by atoms with E-state index in [4.69, 9.17) is 4.74 Å². The van der Waals surface area contributed by atoms with E-state index >= 15 is 0 Å². The standard InChI is InChI=1S/C17H15IN2O/c1-2-7-21-17-6-5-14-8-13(3-4-15(14)9-17)11-20-12-16(18)10-19-20/h2-6,8-10,12H,1,7,11H2. The first-order chi connectivity index (χ1) is 10.2. The van der Waals surface area contributed by atoms with E-state index in [1.165, 1.54) is 16.3 Å². The molecule has 0 aliphatic rings. The van der Waals surface area contributed by atoms with Crippen LogP contribution in [0.15, 0.2) is 61.4 Å². The average molecular weight is 390 g/mol. The molecule has 0 aliphatic carbocycles. The second-order valence-corrected chi connectivity index (χ2v) is 6.04. The van der Waals surface area contributed by atoms with Crippen LogP contribution < -0.4 is 4.74 Å². The Morgan fingerprint density at radius 3 is 2.76 bits per heavy atom. The normalized spacial score (nSPS) is 10.7. The van der Waals surface area contributed by atoms with Gasteiger partial charge in [-0.2, -0.15) is 5.10 Å². The van der Waals surface area contributed by atoms with Crippen molar-refractivity contribution in [2.75, 3.05) is 6.61 Å². The molecule has 1 heterocycles. The molecule has 3 rings (SSSR count). The second-order valence-electron chi connectivity index (χ2n) is 4.80. The molecule has 4 heteroatoms. The Balaban J connectivity index is 1.84. The van der Waals surface area contributed by atoms with Gasteiger partial charge in [-0.1, -0.05) is 30.9 Å². The summed E-state index contributed by atoms with van der Waals surface area (Å²) in [6, 6.07) is 12.6. The van der Waals surface area contributed by atoms with Crippen molar-refractivity contribution < 1.29 is 4.74 Å². The fourth-order valence-electron chi connectivity index (χ4n) is 2.23. The van der Waals surface area contributed by atoms with Crippen molar-refractivity contribution in [1.29, 1.82) is 0 Å². The minimum atomic E-state index is 0.529. The number of hydrogen-bond acceptors (Lipinski definition) is 2. The summed E-state index contributed by atoms with van der Waals surface area (Å²) in [6.45, 7) is 4.97. The second kappa shape index (κ2) is 6.30. The molecular formula is C17H15IN2O. The summed E-state index contributed by atoms with van der Waals surface area (Å²) in [5.74, 6) is 0.872. The minimum Gasteiger partial charge on any atom is -0.490 e. The van der Waals surface area contributed by atoms with Gasteiger partial charge in [-0.3, -0.25) is 4.68 Å². The smallest absolute Gasteiger partial charge is 0.120 e. The summed E-state index contributed by atoms with van der Waals surface area (Å²) in [7, 11) is 0. The number of hydrogen-bond donors (Lipinski definition) is 0. The summed E-state index contributed by atoms with van der Waals surface area (Å²) in [6.07, 6.45) is 5.65. The zero-order chi connectivity index (χ0) is 14.7. The SMILES string of the molecule is C=CCOc1ccc2cc(Cn3cc(I)cn3)ccc2c1. The highest BCUT2D eigenvalue weighted by molar-refractivity contribution is 14.1. The van der Waals surface area contributed by atoms with Crippen LogP contribution in [0.1, 0.15) is 5.56 Å². The van der Waals surface area contributed by atoms with Gasteiger partial charge < -0.3 is 4.74 Å². The predicted molar refractivity (Wildman–Crippen MR) is 93.7 cm³/mol. The lowest BCUT2D eigenvalue weighted by Gasteiger charge is -2.07. The van der Waals surface area contributed by atoms with Gasteiger partial charge in [0.05, 0.1) is 16.3 Å². The van der Waals surface area contributed by atoms with E-state index in [1.807, 2.05) is 23.1 Å². The molecule has 0 fully saturated rings. The maximum Gasteiger partial charge on any atom is 0.120 e. The number of rotatable bonds is 5. The molecule has 1 aromatic heterocycles. The Labute approximate surface area is 137 Å². The van der Waals surface area contributed by atoms with Crippen molar-refractivity contribution >= 4 is 33.4 Å². The molecule has 0 atom stereocenters. The zero-order valence-electron chi connectivity index (χ0n) is 11.5. The highest BCUT2D eigenvalue weighted by Crippen LogP contribution is 2.22. The van der Waals surface area contributed by atoms with E-state index in [-0.39, 0.29) is 0 Å². The molecule has 21 heavy (non-hydrogen) atoms. The van der Waals surface area contributed by atoms with Gasteiger partial charge in [0, 0.05) is 6.20 Å². The highest BCUT2D eigenvalue weighted by atomic mass is 127. The van der Waals surface area contributed by atoms with Gasteiger partial charge in [0.2, 0.25) is 0 Å². The van der Waals surface area contributed by atoms with E-state index in [9.17, 15) is 0 Å². The topological polar surface area (TPSA) is 27.1 Å². The Morgan fingerprint density at radius 2 is 2.00 bits per heavy atom. The first-order valence-electron chi connectivity index (χ1n) is 6.69. The van der Waals surface area contributed by atoms with Crippen molar-refractivity contribution in [3.05, 3.63) is 70.6 Å². The van der Waals surface area contributed by atoms with E-state index in [2.05, 4.69) is 64.6 Å². The summed E-state index contributed by atoms with van der Waals surface area (Å²) in [5.41, 5.74) is 1.24. The Kier molecular flexibility index (Phi) is 4.24. The lowest BCUT2D eigenvalue weighted by atomic mass is 10.1. The summed E-state index contributed by atoms with van der Waals surface area (Å²) in [5, 5.41) is 6.70. The van der Waals surface area contributed by atoms with Crippen molar-refractivity contribution in [3.63, 3.8) is 0 Å². The fraction of sp³-hybridized carbons (Fsp3) is 0.118. The van der Waals surface area contributed by atoms with Crippen LogP contribution in [0, 0.1) is 3.57 Å². The van der Waals surface area contributed by atoms with Gasteiger partial charge in [-0.15, -0.1) is 0 Å². The maximum atomic E-state index is 5.56. The molecule has 0 spiro atoms. The van der Waals surface area contributed by atoms with Crippen LogP contribution in [0.25, 0.3) is 10.8 Å². The number of fused-ring (bicyclic) bond motifs is 1. The fourth-order valence-corrected chi connectivity index (χ4v) is 2.67. The van der Waals surface area contributed by atoms with Crippen LogP contribution >= 0.6 is 22.6 Å². The number of ether oxygens (including phenoxy) is 1. The number of nitrogens with zero attached hydrogens (tertiary/aromatic N) is 2. The van der Waals surface area contributed by atoms with Crippen molar-refractivity contribution in [1.82, 2.24) is 9.78 Å². The summed E-state index contributed by atoms with van der Waals surface area (Å²) >= 11 is 2.27. The van der Waals surface area contributed by atoms with Crippen LogP contribution in [-0.2, 0) is 6.54 Å². The van der Waals surface area contributed by atoms with Crippen LogP contribution in [0.3, 0.4) is 0 Å².